The second-order valence-electron chi connectivity index (χ2n) is 5.30. The topological polar surface area (TPSA) is 72.7 Å². The van der Waals surface area contributed by atoms with Crippen molar-refractivity contribution in [3.8, 4) is 0 Å². The van der Waals surface area contributed by atoms with E-state index >= 15 is 0 Å². The number of amides is 1. The molecule has 3 rings (SSSR count). The number of tetrazole rings is 1. The van der Waals surface area contributed by atoms with Crippen molar-refractivity contribution in [2.45, 2.75) is 18.2 Å². The van der Waals surface area contributed by atoms with Gasteiger partial charge in [-0.2, -0.15) is 0 Å². The predicted molar refractivity (Wildman–Crippen MR) is 97.4 cm³/mol. The Kier molecular flexibility index (Phi) is 6.03. The lowest BCUT2D eigenvalue weighted by Gasteiger charge is -2.06. The molecule has 0 radical (unpaired) electrons. The van der Waals surface area contributed by atoms with Gasteiger partial charge in [-0.25, -0.2) is 4.68 Å². The summed E-state index contributed by atoms with van der Waals surface area (Å²) in [6, 6.07) is 17.3. The molecular weight excluding hydrogens is 358 g/mol. The number of nitrogens with zero attached hydrogens (tertiary/aromatic N) is 4. The SMILES string of the molecule is O=C(CSc1nnnn1Cc1ccccc1)NCc1cccc(Cl)c1. The van der Waals surface area contributed by atoms with E-state index in [1.807, 2.05) is 48.5 Å². The van der Waals surface area contributed by atoms with Crippen molar-refractivity contribution in [3.05, 3.63) is 70.7 Å². The monoisotopic (exact) mass is 373 g/mol. The molecule has 1 aromatic heterocycles. The molecule has 0 aliphatic heterocycles. The number of hydrogen-bond acceptors (Lipinski definition) is 5. The number of carbonyl (C=O) groups excluding carboxylic acids is 1. The van der Waals surface area contributed by atoms with Crippen LogP contribution in [0.5, 0.6) is 0 Å². The number of aromatic nitrogens is 4. The van der Waals surface area contributed by atoms with Gasteiger partial charge in [0, 0.05) is 11.6 Å². The molecule has 1 heterocycles. The van der Waals surface area contributed by atoms with Gasteiger partial charge in [0.2, 0.25) is 11.1 Å². The zero-order valence-corrected chi connectivity index (χ0v) is 14.9. The lowest BCUT2D eigenvalue weighted by molar-refractivity contribution is -0.118. The van der Waals surface area contributed by atoms with Crippen LogP contribution >= 0.6 is 23.4 Å². The fourth-order valence-corrected chi connectivity index (χ4v) is 3.10. The first kappa shape index (κ1) is 17.4. The number of halogens is 1. The Morgan fingerprint density at radius 1 is 1.12 bits per heavy atom. The fraction of sp³-hybridized carbons (Fsp3) is 0.176. The van der Waals surface area contributed by atoms with E-state index in [9.17, 15) is 4.79 Å². The fourth-order valence-electron chi connectivity index (χ4n) is 2.18. The first-order valence-corrected chi connectivity index (χ1v) is 9.01. The maximum Gasteiger partial charge on any atom is 0.230 e. The Morgan fingerprint density at radius 3 is 2.72 bits per heavy atom. The molecule has 0 saturated carbocycles. The van der Waals surface area contributed by atoms with Crippen LogP contribution in [0.3, 0.4) is 0 Å². The minimum absolute atomic E-state index is 0.0840. The first-order valence-electron chi connectivity index (χ1n) is 7.65. The number of thioether (sulfide) groups is 1. The summed E-state index contributed by atoms with van der Waals surface area (Å²) >= 11 is 7.24. The van der Waals surface area contributed by atoms with E-state index in [0.717, 1.165) is 11.1 Å². The normalized spacial score (nSPS) is 10.6. The molecule has 6 nitrogen and oxygen atoms in total. The van der Waals surface area contributed by atoms with Crippen molar-refractivity contribution in [2.75, 3.05) is 5.75 Å². The third-order valence-corrected chi connectivity index (χ3v) is 4.58. The molecule has 0 fully saturated rings. The Balaban J connectivity index is 1.50. The van der Waals surface area contributed by atoms with E-state index in [4.69, 9.17) is 11.6 Å². The standard InChI is InChI=1S/C17H16ClN5OS/c18-15-8-4-7-14(9-15)10-19-16(24)12-25-17-20-21-22-23(17)11-13-5-2-1-3-6-13/h1-9H,10-12H2,(H,19,24). The van der Waals surface area contributed by atoms with Crippen LogP contribution in [-0.4, -0.2) is 31.9 Å². The van der Waals surface area contributed by atoms with E-state index in [1.54, 1.807) is 10.7 Å². The lowest BCUT2D eigenvalue weighted by Crippen LogP contribution is -2.24. The van der Waals surface area contributed by atoms with Crippen molar-refractivity contribution in [3.63, 3.8) is 0 Å². The summed E-state index contributed by atoms with van der Waals surface area (Å²) in [5, 5.41) is 15.8. The molecule has 0 spiro atoms. The van der Waals surface area contributed by atoms with Gasteiger partial charge in [0.15, 0.2) is 0 Å². The van der Waals surface area contributed by atoms with Gasteiger partial charge in [-0.1, -0.05) is 65.8 Å². The number of nitrogens with one attached hydrogen (secondary N) is 1. The van der Waals surface area contributed by atoms with Gasteiger partial charge >= 0.3 is 0 Å². The quantitative estimate of drug-likeness (QED) is 0.645. The van der Waals surface area contributed by atoms with Crippen molar-refractivity contribution in [1.29, 1.82) is 0 Å². The molecular formula is C17H16ClN5OS. The number of carbonyl (C=O) groups is 1. The van der Waals surface area contributed by atoms with E-state index in [0.29, 0.717) is 23.3 Å². The van der Waals surface area contributed by atoms with Crippen LogP contribution in [0.1, 0.15) is 11.1 Å². The van der Waals surface area contributed by atoms with Gasteiger partial charge in [0.05, 0.1) is 12.3 Å². The zero-order valence-electron chi connectivity index (χ0n) is 13.3. The van der Waals surface area contributed by atoms with E-state index < -0.39 is 0 Å². The highest BCUT2D eigenvalue weighted by molar-refractivity contribution is 7.99. The maximum atomic E-state index is 12.0. The molecule has 128 valence electrons. The summed E-state index contributed by atoms with van der Waals surface area (Å²) in [5.74, 6) is 0.162. The highest BCUT2D eigenvalue weighted by Crippen LogP contribution is 2.15. The molecule has 0 aliphatic rings. The molecule has 2 aromatic carbocycles. The molecule has 0 saturated heterocycles. The van der Waals surface area contributed by atoms with E-state index in [2.05, 4.69) is 20.8 Å². The Bertz CT molecular complexity index is 840. The van der Waals surface area contributed by atoms with Crippen molar-refractivity contribution >= 4 is 29.3 Å². The highest BCUT2D eigenvalue weighted by atomic mass is 35.5. The summed E-state index contributed by atoms with van der Waals surface area (Å²) in [6.07, 6.45) is 0. The molecule has 8 heteroatoms. The average Bonchev–Trinajstić information content (AvgIpc) is 3.06. The lowest BCUT2D eigenvalue weighted by atomic mass is 10.2. The van der Waals surface area contributed by atoms with Gasteiger partial charge in [0.25, 0.3) is 0 Å². The zero-order chi connectivity index (χ0) is 17.5. The summed E-state index contributed by atoms with van der Waals surface area (Å²) < 4.78 is 1.68. The van der Waals surface area contributed by atoms with Gasteiger partial charge < -0.3 is 5.32 Å². The maximum absolute atomic E-state index is 12.0. The predicted octanol–water partition coefficient (Wildman–Crippen LogP) is 2.78. The van der Waals surface area contributed by atoms with Crippen molar-refractivity contribution in [2.24, 2.45) is 0 Å². The summed E-state index contributed by atoms with van der Waals surface area (Å²) in [7, 11) is 0. The van der Waals surface area contributed by atoms with Crippen LogP contribution in [-0.2, 0) is 17.9 Å². The van der Waals surface area contributed by atoms with Gasteiger partial charge in [-0.15, -0.1) is 5.10 Å². The average molecular weight is 374 g/mol. The second-order valence-corrected chi connectivity index (χ2v) is 6.68. The molecule has 0 unspecified atom stereocenters. The first-order chi connectivity index (χ1) is 12.2. The van der Waals surface area contributed by atoms with Crippen LogP contribution in [0.4, 0.5) is 0 Å². The Labute approximate surface area is 154 Å². The molecule has 0 bridgehead atoms. The highest BCUT2D eigenvalue weighted by Gasteiger charge is 2.10. The molecule has 0 atom stereocenters. The van der Waals surface area contributed by atoms with E-state index in [-0.39, 0.29) is 11.7 Å². The second kappa shape index (κ2) is 8.64. The van der Waals surface area contributed by atoms with Crippen LogP contribution in [0.15, 0.2) is 59.8 Å². The largest absolute Gasteiger partial charge is 0.351 e. The van der Waals surface area contributed by atoms with Crippen LogP contribution in [0.25, 0.3) is 0 Å². The Hall–Kier alpha value is -2.38. The molecule has 1 amide bonds. The Morgan fingerprint density at radius 2 is 1.92 bits per heavy atom. The van der Waals surface area contributed by atoms with Crippen molar-refractivity contribution < 1.29 is 4.79 Å². The number of benzene rings is 2. The smallest absolute Gasteiger partial charge is 0.230 e. The van der Waals surface area contributed by atoms with Crippen molar-refractivity contribution in [1.82, 2.24) is 25.5 Å². The third kappa shape index (κ3) is 5.30. The van der Waals surface area contributed by atoms with Crippen LogP contribution in [0, 0.1) is 0 Å². The number of hydrogen-bond donors (Lipinski definition) is 1. The third-order valence-electron chi connectivity index (χ3n) is 3.39. The minimum Gasteiger partial charge on any atom is -0.351 e. The summed E-state index contributed by atoms with van der Waals surface area (Å²) in [4.78, 5) is 12.0. The molecule has 25 heavy (non-hydrogen) atoms. The van der Waals surface area contributed by atoms with E-state index in [1.165, 1.54) is 11.8 Å². The number of rotatable bonds is 7. The van der Waals surface area contributed by atoms with Gasteiger partial charge in [0.1, 0.15) is 0 Å². The van der Waals surface area contributed by atoms with Gasteiger partial charge in [-0.05, 0) is 33.7 Å². The molecule has 1 N–H and O–H groups in total. The summed E-state index contributed by atoms with van der Waals surface area (Å²) in [5.41, 5.74) is 2.06. The van der Waals surface area contributed by atoms with Crippen LogP contribution < -0.4 is 5.32 Å². The van der Waals surface area contributed by atoms with Gasteiger partial charge in [-0.3, -0.25) is 4.79 Å². The van der Waals surface area contributed by atoms with Crippen LogP contribution in [0.2, 0.25) is 5.02 Å². The summed E-state index contributed by atoms with van der Waals surface area (Å²) in [6.45, 7) is 1.01. The minimum atomic E-state index is -0.0840. The molecule has 0 aliphatic carbocycles. The molecule has 3 aromatic rings.